The van der Waals surface area contributed by atoms with E-state index in [0.717, 1.165) is 49.1 Å². The molecule has 0 saturated heterocycles. The van der Waals surface area contributed by atoms with Crippen LogP contribution in [0.5, 0.6) is 5.75 Å². The average molecular weight is 362 g/mol. The predicted octanol–water partition coefficient (Wildman–Crippen LogP) is 4.10. The van der Waals surface area contributed by atoms with Crippen LogP contribution in [0.15, 0.2) is 60.7 Å². The minimum absolute atomic E-state index is 0.756. The quantitative estimate of drug-likeness (QED) is 0.600. The van der Waals surface area contributed by atoms with Gasteiger partial charge in [0.15, 0.2) is 0 Å². The van der Waals surface area contributed by atoms with Crippen LogP contribution >= 0.6 is 0 Å². The Morgan fingerprint density at radius 1 is 0.778 bits per heavy atom. The second-order valence-corrected chi connectivity index (χ2v) is 6.37. The zero-order valence-electron chi connectivity index (χ0n) is 15.9. The first kappa shape index (κ1) is 18.7. The Morgan fingerprint density at radius 3 is 1.89 bits per heavy atom. The summed E-state index contributed by atoms with van der Waals surface area (Å²) in [5, 5.41) is 6.78. The molecule has 0 atom stereocenters. The van der Waals surface area contributed by atoms with Crippen LogP contribution in [0.25, 0.3) is 0 Å². The van der Waals surface area contributed by atoms with Gasteiger partial charge >= 0.3 is 0 Å². The molecule has 1 aromatic heterocycles. The molecule has 27 heavy (non-hydrogen) atoms. The molecule has 3 aromatic rings. The van der Waals surface area contributed by atoms with Crippen molar-refractivity contribution in [3.63, 3.8) is 0 Å². The zero-order chi connectivity index (χ0) is 18.9. The molecule has 0 aliphatic rings. The number of aromatic nitrogens is 2. The zero-order valence-corrected chi connectivity index (χ0v) is 15.9. The van der Waals surface area contributed by atoms with E-state index in [1.54, 1.807) is 7.11 Å². The fraction of sp³-hybridized carbons (Fsp3) is 0.273. The minimum atomic E-state index is 0.756. The van der Waals surface area contributed by atoms with Gasteiger partial charge in [0.25, 0.3) is 0 Å². The van der Waals surface area contributed by atoms with E-state index in [1.807, 2.05) is 31.2 Å². The van der Waals surface area contributed by atoms with Gasteiger partial charge in [-0.2, -0.15) is 0 Å². The summed E-state index contributed by atoms with van der Waals surface area (Å²) in [7, 11) is 1.68. The number of nitrogens with zero attached hydrogens (tertiary/aromatic N) is 2. The van der Waals surface area contributed by atoms with E-state index in [-0.39, 0.29) is 0 Å². The fourth-order valence-corrected chi connectivity index (χ4v) is 2.86. The van der Waals surface area contributed by atoms with E-state index in [0.29, 0.717) is 0 Å². The van der Waals surface area contributed by atoms with Crippen LogP contribution in [0.3, 0.4) is 0 Å². The third-order valence-corrected chi connectivity index (χ3v) is 4.28. The van der Waals surface area contributed by atoms with E-state index in [9.17, 15) is 0 Å². The minimum Gasteiger partial charge on any atom is -0.497 e. The van der Waals surface area contributed by atoms with Crippen molar-refractivity contribution in [3.05, 3.63) is 77.6 Å². The van der Waals surface area contributed by atoms with Crippen molar-refractivity contribution in [2.75, 3.05) is 30.8 Å². The molecule has 2 N–H and O–H groups in total. The van der Waals surface area contributed by atoms with Gasteiger partial charge in [-0.25, -0.2) is 9.97 Å². The maximum Gasteiger partial charge on any atom is 0.131 e. The summed E-state index contributed by atoms with van der Waals surface area (Å²) >= 11 is 0. The molecule has 0 radical (unpaired) electrons. The summed E-state index contributed by atoms with van der Waals surface area (Å²) in [6.45, 7) is 3.56. The number of ether oxygens (including phenoxy) is 1. The van der Waals surface area contributed by atoms with Gasteiger partial charge in [0, 0.05) is 19.2 Å². The molecule has 0 saturated carbocycles. The lowest BCUT2D eigenvalue weighted by molar-refractivity contribution is 0.414. The molecule has 0 spiro atoms. The molecule has 0 unspecified atom stereocenters. The maximum atomic E-state index is 5.19. The number of methoxy groups -OCH3 is 1. The van der Waals surface area contributed by atoms with Gasteiger partial charge in [-0.3, -0.25) is 0 Å². The van der Waals surface area contributed by atoms with Crippen LogP contribution < -0.4 is 15.4 Å². The third kappa shape index (κ3) is 5.99. The van der Waals surface area contributed by atoms with E-state index in [2.05, 4.69) is 57.0 Å². The van der Waals surface area contributed by atoms with Crippen LogP contribution in [0.2, 0.25) is 0 Å². The highest BCUT2D eigenvalue weighted by Gasteiger charge is 2.02. The van der Waals surface area contributed by atoms with Crippen LogP contribution in [-0.4, -0.2) is 30.2 Å². The van der Waals surface area contributed by atoms with Crippen molar-refractivity contribution in [1.29, 1.82) is 0 Å². The van der Waals surface area contributed by atoms with Crippen LogP contribution in [0.4, 0.5) is 11.6 Å². The highest BCUT2D eigenvalue weighted by molar-refractivity contribution is 5.47. The summed E-state index contributed by atoms with van der Waals surface area (Å²) in [4.78, 5) is 8.95. The first-order valence-corrected chi connectivity index (χ1v) is 9.23. The third-order valence-electron chi connectivity index (χ3n) is 4.28. The Bertz CT molecular complexity index is 835. The molecule has 0 bridgehead atoms. The monoisotopic (exact) mass is 362 g/mol. The Kier molecular flexibility index (Phi) is 6.63. The van der Waals surface area contributed by atoms with Crippen LogP contribution in [0.1, 0.15) is 17.0 Å². The summed E-state index contributed by atoms with van der Waals surface area (Å²) in [6.07, 6.45) is 1.88. The number of nitrogens with one attached hydrogen (secondary N) is 2. The van der Waals surface area contributed by atoms with Crippen molar-refractivity contribution >= 4 is 11.6 Å². The number of hydrogen-bond donors (Lipinski definition) is 2. The largest absolute Gasteiger partial charge is 0.497 e. The number of hydrogen-bond acceptors (Lipinski definition) is 5. The van der Waals surface area contributed by atoms with Gasteiger partial charge in [-0.15, -0.1) is 0 Å². The molecule has 140 valence electrons. The van der Waals surface area contributed by atoms with E-state index < -0.39 is 0 Å². The van der Waals surface area contributed by atoms with Gasteiger partial charge in [0.1, 0.15) is 23.2 Å². The molecule has 1 heterocycles. The normalized spacial score (nSPS) is 10.4. The van der Waals surface area contributed by atoms with Gasteiger partial charge in [0.05, 0.1) is 7.11 Å². The molecule has 0 aliphatic heterocycles. The van der Waals surface area contributed by atoms with E-state index >= 15 is 0 Å². The number of rotatable bonds is 9. The van der Waals surface area contributed by atoms with Crippen molar-refractivity contribution in [3.8, 4) is 5.75 Å². The summed E-state index contributed by atoms with van der Waals surface area (Å²) in [5.41, 5.74) is 2.57. The van der Waals surface area contributed by atoms with Gasteiger partial charge in [-0.05, 0) is 43.0 Å². The molecule has 5 nitrogen and oxygen atoms in total. The first-order chi connectivity index (χ1) is 13.2. The van der Waals surface area contributed by atoms with Crippen molar-refractivity contribution in [2.24, 2.45) is 0 Å². The Balaban J connectivity index is 1.50. The van der Waals surface area contributed by atoms with Gasteiger partial charge in [-0.1, -0.05) is 42.5 Å². The van der Waals surface area contributed by atoms with E-state index in [4.69, 9.17) is 4.74 Å². The molecule has 3 rings (SSSR count). The molecule has 0 aliphatic carbocycles. The Labute approximate surface area is 160 Å². The van der Waals surface area contributed by atoms with Gasteiger partial charge < -0.3 is 15.4 Å². The standard InChI is InChI=1S/C22H26N4O/c1-17-25-21(23-14-12-18-6-4-3-5-7-18)16-22(26-17)24-15-13-19-8-10-20(27-2)11-9-19/h3-11,16H,12-15H2,1-2H3,(H2,23,24,25,26). The lowest BCUT2D eigenvalue weighted by atomic mass is 10.1. The van der Waals surface area contributed by atoms with Crippen LogP contribution in [-0.2, 0) is 12.8 Å². The number of anilines is 2. The Hall–Kier alpha value is -3.08. The fourth-order valence-electron chi connectivity index (χ4n) is 2.86. The summed E-state index contributed by atoms with van der Waals surface area (Å²) < 4.78 is 5.19. The number of benzene rings is 2. The smallest absolute Gasteiger partial charge is 0.131 e. The maximum absolute atomic E-state index is 5.19. The average Bonchev–Trinajstić information content (AvgIpc) is 2.69. The lowest BCUT2D eigenvalue weighted by Gasteiger charge is -2.10. The van der Waals surface area contributed by atoms with E-state index in [1.165, 1.54) is 11.1 Å². The summed E-state index contributed by atoms with van der Waals surface area (Å²) in [6, 6.07) is 20.5. The first-order valence-electron chi connectivity index (χ1n) is 9.23. The SMILES string of the molecule is COc1ccc(CCNc2cc(NCCc3ccccc3)nc(C)n2)cc1. The molecule has 5 heteroatoms. The highest BCUT2D eigenvalue weighted by atomic mass is 16.5. The summed E-state index contributed by atoms with van der Waals surface area (Å²) in [5.74, 6) is 3.33. The molecular formula is C22H26N4O. The molecular weight excluding hydrogens is 336 g/mol. The number of aryl methyl sites for hydroxylation is 1. The van der Waals surface area contributed by atoms with Crippen molar-refractivity contribution in [1.82, 2.24) is 9.97 Å². The highest BCUT2D eigenvalue weighted by Crippen LogP contribution is 2.14. The predicted molar refractivity (Wildman–Crippen MR) is 111 cm³/mol. The topological polar surface area (TPSA) is 59.1 Å². The molecule has 0 fully saturated rings. The molecule has 2 aromatic carbocycles. The van der Waals surface area contributed by atoms with Gasteiger partial charge in [0.2, 0.25) is 0 Å². The molecule has 0 amide bonds. The van der Waals surface area contributed by atoms with Crippen molar-refractivity contribution < 1.29 is 4.74 Å². The Morgan fingerprint density at radius 2 is 1.33 bits per heavy atom. The second-order valence-electron chi connectivity index (χ2n) is 6.37. The van der Waals surface area contributed by atoms with Crippen LogP contribution in [0, 0.1) is 6.92 Å². The lowest BCUT2D eigenvalue weighted by Crippen LogP contribution is -2.11. The second kappa shape index (κ2) is 9.57. The van der Waals surface area contributed by atoms with Crippen molar-refractivity contribution in [2.45, 2.75) is 19.8 Å².